The quantitative estimate of drug-likeness (QED) is 0.728. The van der Waals surface area contributed by atoms with E-state index in [1.165, 1.54) is 0 Å². The van der Waals surface area contributed by atoms with E-state index in [1.54, 1.807) is 12.4 Å². The van der Waals surface area contributed by atoms with E-state index in [2.05, 4.69) is 26.1 Å². The van der Waals surface area contributed by atoms with Crippen LogP contribution in [0.2, 0.25) is 0 Å². The Morgan fingerprint density at radius 1 is 1.06 bits per heavy atom. The molecule has 2 atom stereocenters. The third kappa shape index (κ3) is 4.90. The molecule has 2 amide bonds. The summed E-state index contributed by atoms with van der Waals surface area (Å²) in [5, 5.41) is 2.72. The van der Waals surface area contributed by atoms with E-state index in [4.69, 9.17) is 0 Å². The van der Waals surface area contributed by atoms with Crippen molar-refractivity contribution in [3.8, 4) is 0 Å². The van der Waals surface area contributed by atoms with E-state index in [1.807, 2.05) is 46.7 Å². The molecule has 33 heavy (non-hydrogen) atoms. The summed E-state index contributed by atoms with van der Waals surface area (Å²) < 4.78 is 1.82. The van der Waals surface area contributed by atoms with Gasteiger partial charge in [0.25, 0.3) is 11.8 Å². The lowest BCUT2D eigenvalue weighted by molar-refractivity contribution is 0.0706. The van der Waals surface area contributed by atoms with E-state index in [9.17, 15) is 14.4 Å². The van der Waals surface area contributed by atoms with Gasteiger partial charge in [-0.15, -0.1) is 0 Å². The first-order valence-electron chi connectivity index (χ1n) is 12.0. The molecule has 6 heteroatoms. The summed E-state index contributed by atoms with van der Waals surface area (Å²) in [6.07, 6.45) is 6.95. The molecule has 1 saturated carbocycles. The lowest BCUT2D eigenvalue weighted by Gasteiger charge is -2.39. The van der Waals surface area contributed by atoms with E-state index in [0.29, 0.717) is 19.6 Å². The smallest absolute Gasteiger partial charge is 0.259 e. The summed E-state index contributed by atoms with van der Waals surface area (Å²) >= 11 is 0. The highest BCUT2D eigenvalue weighted by Gasteiger charge is 2.51. The topological polar surface area (TPSA) is 71.4 Å². The van der Waals surface area contributed by atoms with Crippen LogP contribution in [0, 0.1) is 10.8 Å². The average Bonchev–Trinajstić information content (AvgIpc) is 3.01. The number of fused-ring (bicyclic) bond motifs is 2. The number of aryl methyl sites for hydroxylation is 2. The molecule has 1 N–H and O–H groups in total. The number of carbonyl (C=O) groups excluding carboxylic acids is 2. The molecule has 1 saturated heterocycles. The normalized spacial score (nSPS) is 23.4. The van der Waals surface area contributed by atoms with Crippen LogP contribution in [0.25, 0.3) is 0 Å². The summed E-state index contributed by atoms with van der Waals surface area (Å²) in [5.74, 6) is -0.676. The maximum absolute atomic E-state index is 13.7. The van der Waals surface area contributed by atoms with Gasteiger partial charge in [-0.2, -0.15) is 0 Å². The summed E-state index contributed by atoms with van der Waals surface area (Å²) in [7, 11) is 0. The molecule has 1 aromatic heterocycles. The van der Waals surface area contributed by atoms with Gasteiger partial charge in [-0.3, -0.25) is 14.4 Å². The Bertz CT molecular complexity index is 1110. The standard InChI is InChI=1S/C27H35N3O3/c1-5-28-24(32)21-15-29(12-11-19-9-7-6-8-10-19)16-22(23(21)31)25(33)30-18-27(4)14-20(30)13-26(2,3)17-27/h6-10,15-16,20H,5,11-14,17-18H2,1-4H3,(H,28,32)/t20-,27-/m0/s1. The Hall–Kier alpha value is -2.89. The number of hydrogen-bond acceptors (Lipinski definition) is 3. The SMILES string of the molecule is CCNC(=O)c1cn(CCc2ccccc2)cc(C(=O)N2C[C@@]3(C)C[C@@H]2CC(C)(C)C3)c1=O. The summed E-state index contributed by atoms with van der Waals surface area (Å²) in [6.45, 7) is 10.2. The van der Waals surface area contributed by atoms with Crippen LogP contribution in [-0.2, 0) is 13.0 Å². The zero-order chi connectivity index (χ0) is 23.8. The number of pyridine rings is 1. The van der Waals surface area contributed by atoms with Gasteiger partial charge >= 0.3 is 0 Å². The van der Waals surface area contributed by atoms with Gasteiger partial charge in [0.05, 0.1) is 0 Å². The van der Waals surface area contributed by atoms with Crippen molar-refractivity contribution in [2.75, 3.05) is 13.1 Å². The molecule has 2 fully saturated rings. The number of benzene rings is 1. The summed E-state index contributed by atoms with van der Waals surface area (Å²) in [6, 6.07) is 10.2. The maximum atomic E-state index is 13.7. The zero-order valence-corrected chi connectivity index (χ0v) is 20.2. The highest BCUT2D eigenvalue weighted by molar-refractivity contribution is 5.99. The molecule has 1 aliphatic heterocycles. The fourth-order valence-corrected chi connectivity index (χ4v) is 6.09. The Morgan fingerprint density at radius 2 is 1.76 bits per heavy atom. The average molecular weight is 450 g/mol. The van der Waals surface area contributed by atoms with Crippen molar-refractivity contribution in [3.05, 3.63) is 69.6 Å². The highest BCUT2D eigenvalue weighted by atomic mass is 16.2. The number of hydrogen-bond donors (Lipinski definition) is 1. The Balaban J connectivity index is 1.67. The van der Waals surface area contributed by atoms with Gasteiger partial charge in [0.15, 0.2) is 0 Å². The van der Waals surface area contributed by atoms with Gasteiger partial charge in [-0.25, -0.2) is 0 Å². The zero-order valence-electron chi connectivity index (χ0n) is 20.2. The van der Waals surface area contributed by atoms with Crippen molar-refractivity contribution in [2.24, 2.45) is 10.8 Å². The minimum atomic E-state index is -0.479. The minimum absolute atomic E-state index is 0.0319. The molecule has 6 nitrogen and oxygen atoms in total. The molecule has 2 aromatic rings. The highest BCUT2D eigenvalue weighted by Crippen LogP contribution is 2.52. The van der Waals surface area contributed by atoms with E-state index < -0.39 is 11.3 Å². The Labute approximate surface area is 196 Å². The number of nitrogens with zero attached hydrogens (tertiary/aromatic N) is 2. The van der Waals surface area contributed by atoms with Crippen LogP contribution in [0.4, 0.5) is 0 Å². The first-order valence-corrected chi connectivity index (χ1v) is 12.0. The molecule has 1 aromatic carbocycles. The monoisotopic (exact) mass is 449 g/mol. The van der Waals surface area contributed by atoms with Crippen molar-refractivity contribution in [2.45, 2.75) is 66.0 Å². The van der Waals surface area contributed by atoms with Crippen LogP contribution >= 0.6 is 0 Å². The molecule has 4 rings (SSSR count). The molecular formula is C27H35N3O3. The van der Waals surface area contributed by atoms with Crippen LogP contribution in [0.5, 0.6) is 0 Å². The molecule has 2 heterocycles. The molecule has 1 aliphatic carbocycles. The van der Waals surface area contributed by atoms with Crippen LogP contribution in [0.15, 0.2) is 47.5 Å². The number of amides is 2. The molecule has 0 radical (unpaired) electrons. The fraction of sp³-hybridized carbons (Fsp3) is 0.519. The second-order valence-electron chi connectivity index (χ2n) is 10.9. The van der Waals surface area contributed by atoms with Crippen LogP contribution in [-0.4, -0.2) is 40.4 Å². The number of carbonyl (C=O) groups is 2. The Morgan fingerprint density at radius 3 is 2.45 bits per heavy atom. The van der Waals surface area contributed by atoms with E-state index in [-0.39, 0.29) is 33.9 Å². The number of likely N-dealkylation sites (tertiary alicyclic amines) is 1. The second kappa shape index (κ2) is 8.81. The molecular weight excluding hydrogens is 414 g/mol. The van der Waals surface area contributed by atoms with E-state index >= 15 is 0 Å². The predicted molar refractivity (Wildman–Crippen MR) is 129 cm³/mol. The number of rotatable bonds is 6. The van der Waals surface area contributed by atoms with Crippen molar-refractivity contribution in [1.29, 1.82) is 0 Å². The predicted octanol–water partition coefficient (Wildman–Crippen LogP) is 3.88. The summed E-state index contributed by atoms with van der Waals surface area (Å²) in [4.78, 5) is 41.5. The van der Waals surface area contributed by atoms with E-state index in [0.717, 1.165) is 31.2 Å². The third-order valence-electron chi connectivity index (χ3n) is 7.07. The summed E-state index contributed by atoms with van der Waals surface area (Å²) in [5.41, 5.74) is 1.06. The van der Waals surface area contributed by atoms with Crippen LogP contribution in [0.1, 0.15) is 73.2 Å². The lowest BCUT2D eigenvalue weighted by Crippen LogP contribution is -2.41. The molecule has 176 valence electrons. The van der Waals surface area contributed by atoms with Crippen molar-refractivity contribution in [1.82, 2.24) is 14.8 Å². The van der Waals surface area contributed by atoms with Gasteiger partial charge in [-0.05, 0) is 49.0 Å². The number of nitrogens with one attached hydrogen (secondary N) is 1. The van der Waals surface area contributed by atoms with Crippen molar-refractivity contribution < 1.29 is 9.59 Å². The van der Waals surface area contributed by atoms with Gasteiger partial charge in [-0.1, -0.05) is 51.1 Å². The minimum Gasteiger partial charge on any atom is -0.352 e. The van der Waals surface area contributed by atoms with Crippen molar-refractivity contribution in [3.63, 3.8) is 0 Å². The Kier molecular flexibility index (Phi) is 6.21. The second-order valence-corrected chi connectivity index (χ2v) is 10.9. The third-order valence-corrected chi connectivity index (χ3v) is 7.07. The fourth-order valence-electron chi connectivity index (χ4n) is 6.09. The first-order chi connectivity index (χ1) is 15.6. The lowest BCUT2D eigenvalue weighted by atomic mass is 9.65. The van der Waals surface area contributed by atoms with Gasteiger partial charge < -0.3 is 14.8 Å². The molecule has 0 unspecified atom stereocenters. The largest absolute Gasteiger partial charge is 0.352 e. The van der Waals surface area contributed by atoms with Gasteiger partial charge in [0.1, 0.15) is 11.1 Å². The number of aromatic nitrogens is 1. The van der Waals surface area contributed by atoms with Crippen LogP contribution in [0.3, 0.4) is 0 Å². The molecule has 2 aliphatic rings. The molecule has 2 bridgehead atoms. The first kappa shape index (κ1) is 23.3. The maximum Gasteiger partial charge on any atom is 0.259 e. The van der Waals surface area contributed by atoms with Crippen molar-refractivity contribution >= 4 is 11.8 Å². The van der Waals surface area contributed by atoms with Crippen LogP contribution < -0.4 is 10.7 Å². The van der Waals surface area contributed by atoms with Gasteiger partial charge in [0, 0.05) is 38.1 Å². The van der Waals surface area contributed by atoms with Gasteiger partial charge in [0.2, 0.25) is 5.43 Å². The molecule has 0 spiro atoms.